The number of primary amides is 1. The van der Waals surface area contributed by atoms with Crippen LogP contribution in [-0.2, 0) is 0 Å². The summed E-state index contributed by atoms with van der Waals surface area (Å²) < 4.78 is 5.22. The van der Waals surface area contributed by atoms with E-state index in [4.69, 9.17) is 5.73 Å². The molecule has 2 amide bonds. The number of hydrogen-bond acceptors (Lipinski definition) is 3. The third kappa shape index (κ3) is 3.16. The largest absolute Gasteiger partial charge is 0.351 e. The Balaban J connectivity index is 2.29. The van der Waals surface area contributed by atoms with Crippen LogP contribution in [0.1, 0.15) is 0 Å². The molecule has 1 aromatic carbocycles. The quantitative estimate of drug-likeness (QED) is 0.619. The molecule has 4 N–H and O–H groups in total. The predicted octanol–water partition coefficient (Wildman–Crippen LogP) is 1.33. The molecule has 1 rings (SSSR count). The van der Waals surface area contributed by atoms with Gasteiger partial charge in [0.15, 0.2) is 0 Å². The Morgan fingerprint density at radius 2 is 2.00 bits per heavy atom. The highest BCUT2D eigenvalue weighted by Gasteiger charge is 1.91. The maximum absolute atomic E-state index is 10.2. The molecule has 0 atom stereocenters. The normalized spacial score (nSPS) is 9.00. The smallest absolute Gasteiger partial charge is 0.323 e. The molecular weight excluding hydrogens is 174 g/mol. The fraction of sp³-hybridized carbons (Fsp3) is 0. The van der Waals surface area contributed by atoms with Crippen molar-refractivity contribution in [2.45, 2.75) is 0 Å². The SMILES string of the molecule is NC(=O)NSNc1ccccc1. The fourth-order valence-corrected chi connectivity index (χ4v) is 1.05. The predicted molar refractivity (Wildman–Crippen MR) is 50.4 cm³/mol. The van der Waals surface area contributed by atoms with E-state index in [-0.39, 0.29) is 0 Å². The van der Waals surface area contributed by atoms with Gasteiger partial charge in [-0.15, -0.1) is 0 Å². The monoisotopic (exact) mass is 183 g/mol. The lowest BCUT2D eigenvalue weighted by Gasteiger charge is -2.02. The number of rotatable bonds is 3. The molecule has 0 spiro atoms. The van der Waals surface area contributed by atoms with Crippen molar-refractivity contribution in [3.05, 3.63) is 30.3 Å². The van der Waals surface area contributed by atoms with Crippen LogP contribution in [0.2, 0.25) is 0 Å². The van der Waals surface area contributed by atoms with Gasteiger partial charge in [0.1, 0.15) is 0 Å². The first-order valence-corrected chi connectivity index (χ1v) is 4.13. The van der Waals surface area contributed by atoms with E-state index in [1.165, 1.54) is 0 Å². The van der Waals surface area contributed by atoms with Crippen molar-refractivity contribution in [1.82, 2.24) is 4.72 Å². The van der Waals surface area contributed by atoms with Crippen molar-refractivity contribution in [3.8, 4) is 0 Å². The number of carbonyl (C=O) groups is 1. The van der Waals surface area contributed by atoms with Gasteiger partial charge < -0.3 is 10.5 Å². The lowest BCUT2D eigenvalue weighted by molar-refractivity contribution is 0.254. The highest BCUT2D eigenvalue weighted by molar-refractivity contribution is 7.99. The maximum atomic E-state index is 10.2. The van der Waals surface area contributed by atoms with E-state index in [1.807, 2.05) is 30.3 Å². The number of nitrogens with two attached hydrogens (primary N) is 1. The van der Waals surface area contributed by atoms with Crippen molar-refractivity contribution in [1.29, 1.82) is 0 Å². The van der Waals surface area contributed by atoms with Crippen LogP contribution in [-0.4, -0.2) is 6.03 Å². The van der Waals surface area contributed by atoms with E-state index in [1.54, 1.807) is 0 Å². The molecule has 0 unspecified atom stereocenters. The van der Waals surface area contributed by atoms with Crippen molar-refractivity contribution in [2.24, 2.45) is 5.73 Å². The molecule has 0 bridgehead atoms. The first kappa shape index (κ1) is 8.73. The van der Waals surface area contributed by atoms with Gasteiger partial charge in [0.25, 0.3) is 0 Å². The number of nitrogens with one attached hydrogen (secondary N) is 2. The first-order valence-electron chi connectivity index (χ1n) is 3.31. The number of para-hydroxylation sites is 1. The fourth-order valence-electron chi connectivity index (χ4n) is 0.641. The minimum Gasteiger partial charge on any atom is -0.351 e. The Morgan fingerprint density at radius 3 is 2.58 bits per heavy atom. The molecule has 4 nitrogen and oxygen atoms in total. The Labute approximate surface area is 74.8 Å². The average Bonchev–Trinajstić information content (AvgIpc) is 2.05. The van der Waals surface area contributed by atoms with Crippen LogP contribution in [0.25, 0.3) is 0 Å². The molecule has 0 aliphatic heterocycles. The number of urea groups is 1. The molecule has 5 heteroatoms. The molecule has 0 radical (unpaired) electrons. The summed E-state index contributed by atoms with van der Waals surface area (Å²) >= 11 is 1.04. The average molecular weight is 183 g/mol. The Kier molecular flexibility index (Phi) is 3.28. The van der Waals surface area contributed by atoms with Crippen LogP contribution < -0.4 is 15.2 Å². The summed E-state index contributed by atoms with van der Waals surface area (Å²) in [5, 5.41) is 0. The third-order valence-corrected chi connectivity index (χ3v) is 1.74. The van der Waals surface area contributed by atoms with E-state index in [2.05, 4.69) is 9.44 Å². The van der Waals surface area contributed by atoms with E-state index >= 15 is 0 Å². The van der Waals surface area contributed by atoms with E-state index in [9.17, 15) is 4.79 Å². The number of carbonyl (C=O) groups excluding carboxylic acids is 1. The molecule has 64 valence electrons. The minimum atomic E-state index is -0.566. The summed E-state index contributed by atoms with van der Waals surface area (Å²) in [6, 6.07) is 8.91. The zero-order chi connectivity index (χ0) is 8.81. The minimum absolute atomic E-state index is 0.566. The summed E-state index contributed by atoms with van der Waals surface area (Å²) in [4.78, 5) is 10.2. The summed E-state index contributed by atoms with van der Waals surface area (Å²) in [7, 11) is 0. The Morgan fingerprint density at radius 1 is 1.33 bits per heavy atom. The van der Waals surface area contributed by atoms with Crippen LogP contribution in [0.3, 0.4) is 0 Å². The van der Waals surface area contributed by atoms with Crippen molar-refractivity contribution in [2.75, 3.05) is 4.72 Å². The summed E-state index contributed by atoms with van der Waals surface area (Å²) in [6.07, 6.45) is 0. The second-order valence-corrected chi connectivity index (χ2v) is 2.65. The molecule has 0 aromatic heterocycles. The van der Waals surface area contributed by atoms with E-state index in [0.29, 0.717) is 0 Å². The number of anilines is 1. The standard InChI is InChI=1S/C7H9N3OS/c8-7(11)10-12-9-6-4-2-1-3-5-6/h1-5,9H,(H3,8,10,11). The second-order valence-electron chi connectivity index (χ2n) is 2.04. The Bertz CT molecular complexity index is 252. The van der Waals surface area contributed by atoms with Gasteiger partial charge in [-0.25, -0.2) is 4.79 Å². The lowest BCUT2D eigenvalue weighted by Crippen LogP contribution is -2.24. The van der Waals surface area contributed by atoms with Crippen molar-refractivity contribution >= 4 is 23.9 Å². The van der Waals surface area contributed by atoms with Gasteiger partial charge in [-0.05, 0) is 12.1 Å². The first-order chi connectivity index (χ1) is 5.79. The van der Waals surface area contributed by atoms with Crippen LogP contribution in [0.15, 0.2) is 30.3 Å². The summed E-state index contributed by atoms with van der Waals surface area (Å²) in [6.45, 7) is 0. The number of benzene rings is 1. The van der Waals surface area contributed by atoms with Gasteiger partial charge in [-0.2, -0.15) is 0 Å². The second kappa shape index (κ2) is 4.50. The zero-order valence-corrected chi connectivity index (χ0v) is 7.10. The van der Waals surface area contributed by atoms with Gasteiger partial charge >= 0.3 is 6.03 Å². The Hall–Kier alpha value is -1.36. The molecule has 0 heterocycles. The highest BCUT2D eigenvalue weighted by atomic mass is 32.2. The number of hydrogen-bond donors (Lipinski definition) is 3. The third-order valence-electron chi connectivity index (χ3n) is 1.09. The van der Waals surface area contributed by atoms with Gasteiger partial charge in [0.05, 0.1) is 12.1 Å². The molecule has 0 aliphatic rings. The van der Waals surface area contributed by atoms with E-state index in [0.717, 1.165) is 17.8 Å². The summed E-state index contributed by atoms with van der Waals surface area (Å²) in [5.41, 5.74) is 5.76. The van der Waals surface area contributed by atoms with E-state index < -0.39 is 6.03 Å². The number of amides is 2. The van der Waals surface area contributed by atoms with Gasteiger partial charge in [-0.3, -0.25) is 4.72 Å². The maximum Gasteiger partial charge on any atom is 0.323 e. The summed E-state index contributed by atoms with van der Waals surface area (Å²) in [5.74, 6) is 0. The molecular formula is C7H9N3OS. The van der Waals surface area contributed by atoms with Crippen LogP contribution >= 0.6 is 12.1 Å². The topological polar surface area (TPSA) is 67.2 Å². The molecule has 0 saturated carbocycles. The molecule has 12 heavy (non-hydrogen) atoms. The van der Waals surface area contributed by atoms with Gasteiger partial charge in [0, 0.05) is 5.69 Å². The zero-order valence-electron chi connectivity index (χ0n) is 6.28. The van der Waals surface area contributed by atoms with Crippen LogP contribution in [0.4, 0.5) is 10.5 Å². The van der Waals surface area contributed by atoms with Crippen LogP contribution in [0, 0.1) is 0 Å². The van der Waals surface area contributed by atoms with Crippen LogP contribution in [0.5, 0.6) is 0 Å². The van der Waals surface area contributed by atoms with Crippen molar-refractivity contribution in [3.63, 3.8) is 0 Å². The molecule has 0 aliphatic carbocycles. The molecule has 0 fully saturated rings. The highest BCUT2D eigenvalue weighted by Crippen LogP contribution is 2.08. The molecule has 1 aromatic rings. The van der Waals surface area contributed by atoms with Gasteiger partial charge in [0.2, 0.25) is 0 Å². The lowest BCUT2D eigenvalue weighted by atomic mass is 10.3. The van der Waals surface area contributed by atoms with Gasteiger partial charge in [-0.1, -0.05) is 18.2 Å². The van der Waals surface area contributed by atoms with Crippen molar-refractivity contribution < 1.29 is 4.79 Å². The molecule has 0 saturated heterocycles.